The Morgan fingerprint density at radius 1 is 1.29 bits per heavy atom. The average molecular weight is 297 g/mol. The van der Waals surface area contributed by atoms with Gasteiger partial charge in [0.2, 0.25) is 0 Å². The minimum absolute atomic E-state index is 0.402. The molecule has 2 unspecified atom stereocenters. The first-order valence-corrected chi connectivity index (χ1v) is 7.56. The zero-order valence-corrected chi connectivity index (χ0v) is 13.1. The smallest absolute Gasteiger partial charge is 0.137 e. The largest absolute Gasteiger partial charge is 0.389 e. The minimum Gasteiger partial charge on any atom is -0.389 e. The van der Waals surface area contributed by atoms with Crippen LogP contribution in [0.15, 0.2) is 36.4 Å². The van der Waals surface area contributed by atoms with Crippen LogP contribution in [0.1, 0.15) is 34.7 Å². The third-order valence-electron chi connectivity index (χ3n) is 3.93. The van der Waals surface area contributed by atoms with E-state index in [0.717, 1.165) is 29.1 Å². The molecule has 2 atom stereocenters. The van der Waals surface area contributed by atoms with E-state index in [1.807, 2.05) is 26.0 Å². The Morgan fingerprint density at radius 3 is 2.67 bits per heavy atom. The number of nitrogens with two attached hydrogens (primary N) is 1. The van der Waals surface area contributed by atoms with Crippen molar-refractivity contribution in [2.45, 2.75) is 32.2 Å². The molecule has 0 spiro atoms. The van der Waals surface area contributed by atoms with Crippen LogP contribution in [0, 0.1) is 13.8 Å². The molecule has 1 saturated carbocycles. The van der Waals surface area contributed by atoms with Gasteiger partial charge in [0.15, 0.2) is 0 Å². The Balaban J connectivity index is 1.82. The number of nitrogens with one attached hydrogen (secondary N) is 1. The van der Waals surface area contributed by atoms with Gasteiger partial charge in [-0.3, -0.25) is 0 Å². The molecule has 2 aromatic rings. The summed E-state index contributed by atoms with van der Waals surface area (Å²) >= 11 is 5.17. The molecule has 3 nitrogen and oxygen atoms in total. The Hall–Kier alpha value is -1.94. The summed E-state index contributed by atoms with van der Waals surface area (Å²) < 4.78 is 0. The average Bonchev–Trinajstić information content (AvgIpc) is 3.17. The van der Waals surface area contributed by atoms with E-state index in [2.05, 4.69) is 34.6 Å². The van der Waals surface area contributed by atoms with E-state index in [4.69, 9.17) is 18.0 Å². The van der Waals surface area contributed by atoms with Crippen molar-refractivity contribution in [1.29, 1.82) is 0 Å². The van der Waals surface area contributed by atoms with Crippen molar-refractivity contribution < 1.29 is 0 Å². The Labute approximate surface area is 130 Å². The minimum atomic E-state index is 0.402. The fourth-order valence-electron chi connectivity index (χ4n) is 2.85. The van der Waals surface area contributed by atoms with Gasteiger partial charge in [0, 0.05) is 17.7 Å². The zero-order valence-electron chi connectivity index (χ0n) is 12.3. The molecule has 1 fully saturated rings. The number of aromatic nitrogens is 1. The normalized spacial score (nSPS) is 20.1. The first kappa shape index (κ1) is 14.0. The molecule has 0 amide bonds. The van der Waals surface area contributed by atoms with E-state index in [1.165, 1.54) is 5.56 Å². The standard InChI is InChI=1S/C17H19N3S/c1-10-8-11(2)19-17(15(10)16(18)21)20-14-9-13(14)12-6-4-3-5-7-12/h3-8,13-14H,9H2,1-2H3,(H2,18,21)(H,19,20). The maximum Gasteiger partial charge on any atom is 0.137 e. The molecule has 3 N–H and O–H groups in total. The van der Waals surface area contributed by atoms with E-state index in [-0.39, 0.29) is 0 Å². The van der Waals surface area contributed by atoms with E-state index in [1.54, 1.807) is 0 Å². The van der Waals surface area contributed by atoms with E-state index in [0.29, 0.717) is 16.9 Å². The maximum absolute atomic E-state index is 5.86. The molecule has 0 radical (unpaired) electrons. The van der Waals surface area contributed by atoms with Crippen LogP contribution in [0.2, 0.25) is 0 Å². The van der Waals surface area contributed by atoms with Gasteiger partial charge < -0.3 is 11.1 Å². The second-order valence-electron chi connectivity index (χ2n) is 5.67. The van der Waals surface area contributed by atoms with Crippen molar-refractivity contribution in [3.05, 3.63) is 58.8 Å². The molecule has 21 heavy (non-hydrogen) atoms. The lowest BCUT2D eigenvalue weighted by Crippen LogP contribution is -2.18. The highest BCUT2D eigenvalue weighted by atomic mass is 32.1. The Bertz CT molecular complexity index is 682. The summed E-state index contributed by atoms with van der Waals surface area (Å²) in [5, 5.41) is 3.52. The van der Waals surface area contributed by atoms with Crippen molar-refractivity contribution in [3.63, 3.8) is 0 Å². The van der Waals surface area contributed by atoms with Crippen LogP contribution in [-0.4, -0.2) is 16.0 Å². The Kier molecular flexibility index (Phi) is 3.64. The fraction of sp³-hybridized carbons (Fsp3) is 0.294. The molecule has 1 aliphatic carbocycles. The van der Waals surface area contributed by atoms with Gasteiger partial charge in [0.05, 0.1) is 5.56 Å². The molecular weight excluding hydrogens is 278 g/mol. The lowest BCUT2D eigenvalue weighted by Gasteiger charge is -2.14. The molecule has 3 rings (SSSR count). The van der Waals surface area contributed by atoms with Crippen LogP contribution in [0.5, 0.6) is 0 Å². The third kappa shape index (κ3) is 2.90. The van der Waals surface area contributed by atoms with Crippen molar-refractivity contribution in [2.24, 2.45) is 5.73 Å². The number of nitrogens with zero attached hydrogens (tertiary/aromatic N) is 1. The first-order valence-electron chi connectivity index (χ1n) is 7.16. The number of thiocarbonyl (C=S) groups is 1. The second-order valence-corrected chi connectivity index (χ2v) is 6.11. The number of hydrogen-bond donors (Lipinski definition) is 2. The number of pyridine rings is 1. The van der Waals surface area contributed by atoms with Crippen LogP contribution in [-0.2, 0) is 0 Å². The molecule has 1 heterocycles. The summed E-state index contributed by atoms with van der Waals surface area (Å²) in [7, 11) is 0. The summed E-state index contributed by atoms with van der Waals surface area (Å²) in [5.41, 5.74) is 10.2. The van der Waals surface area contributed by atoms with Gasteiger partial charge in [0.1, 0.15) is 10.8 Å². The van der Waals surface area contributed by atoms with Crippen molar-refractivity contribution in [1.82, 2.24) is 4.98 Å². The highest BCUT2D eigenvalue weighted by Gasteiger charge is 2.39. The molecule has 0 aliphatic heterocycles. The fourth-order valence-corrected chi connectivity index (χ4v) is 3.11. The van der Waals surface area contributed by atoms with Gasteiger partial charge in [-0.25, -0.2) is 4.98 Å². The SMILES string of the molecule is Cc1cc(C)c(C(N)=S)c(NC2CC2c2ccccc2)n1. The summed E-state index contributed by atoms with van der Waals surface area (Å²) in [5.74, 6) is 1.37. The molecular formula is C17H19N3S. The van der Waals surface area contributed by atoms with Crippen molar-refractivity contribution >= 4 is 23.0 Å². The van der Waals surface area contributed by atoms with E-state index in [9.17, 15) is 0 Å². The molecule has 1 aliphatic rings. The van der Waals surface area contributed by atoms with Crippen LogP contribution >= 0.6 is 12.2 Å². The highest BCUT2D eigenvalue weighted by molar-refractivity contribution is 7.80. The number of hydrogen-bond acceptors (Lipinski definition) is 3. The lowest BCUT2D eigenvalue weighted by molar-refractivity contribution is 1.02. The van der Waals surface area contributed by atoms with Gasteiger partial charge in [-0.05, 0) is 37.5 Å². The van der Waals surface area contributed by atoms with Crippen molar-refractivity contribution in [3.8, 4) is 0 Å². The molecule has 0 bridgehead atoms. The second kappa shape index (κ2) is 5.45. The van der Waals surface area contributed by atoms with Crippen molar-refractivity contribution in [2.75, 3.05) is 5.32 Å². The van der Waals surface area contributed by atoms with Gasteiger partial charge in [0.25, 0.3) is 0 Å². The van der Waals surface area contributed by atoms with Gasteiger partial charge in [-0.15, -0.1) is 0 Å². The zero-order chi connectivity index (χ0) is 15.0. The summed E-state index contributed by atoms with van der Waals surface area (Å²) in [6, 6.07) is 13.0. The van der Waals surface area contributed by atoms with Gasteiger partial charge >= 0.3 is 0 Å². The first-order chi connectivity index (χ1) is 10.1. The van der Waals surface area contributed by atoms with Crippen LogP contribution in [0.3, 0.4) is 0 Å². The predicted molar refractivity (Wildman–Crippen MR) is 90.8 cm³/mol. The summed E-state index contributed by atoms with van der Waals surface area (Å²) in [4.78, 5) is 4.99. The van der Waals surface area contributed by atoms with E-state index >= 15 is 0 Å². The third-order valence-corrected chi connectivity index (χ3v) is 4.14. The van der Waals surface area contributed by atoms with Crippen LogP contribution < -0.4 is 11.1 Å². The van der Waals surface area contributed by atoms with Gasteiger partial charge in [-0.2, -0.15) is 0 Å². The maximum atomic E-state index is 5.86. The molecule has 1 aromatic carbocycles. The molecule has 0 saturated heterocycles. The van der Waals surface area contributed by atoms with Crippen LogP contribution in [0.25, 0.3) is 0 Å². The van der Waals surface area contributed by atoms with E-state index < -0.39 is 0 Å². The van der Waals surface area contributed by atoms with Gasteiger partial charge in [-0.1, -0.05) is 42.5 Å². The monoisotopic (exact) mass is 297 g/mol. The molecule has 108 valence electrons. The molecule has 1 aromatic heterocycles. The number of benzene rings is 1. The van der Waals surface area contributed by atoms with Crippen LogP contribution in [0.4, 0.5) is 5.82 Å². The summed E-state index contributed by atoms with van der Waals surface area (Å²) in [6.07, 6.45) is 1.12. The topological polar surface area (TPSA) is 50.9 Å². The quantitative estimate of drug-likeness (QED) is 0.850. The highest BCUT2D eigenvalue weighted by Crippen LogP contribution is 2.43. The number of anilines is 1. The molecule has 4 heteroatoms. The Morgan fingerprint density at radius 2 is 2.00 bits per heavy atom. The summed E-state index contributed by atoms with van der Waals surface area (Å²) in [6.45, 7) is 4.01. The lowest BCUT2D eigenvalue weighted by atomic mass is 10.1. The number of rotatable bonds is 4. The predicted octanol–water partition coefficient (Wildman–Crippen LogP) is 3.30. The number of aryl methyl sites for hydroxylation is 2.